The highest BCUT2D eigenvalue weighted by molar-refractivity contribution is 5.31. The van der Waals surface area contributed by atoms with E-state index in [4.69, 9.17) is 4.74 Å². The summed E-state index contributed by atoms with van der Waals surface area (Å²) in [5, 5.41) is 13.0. The third-order valence-corrected chi connectivity index (χ3v) is 3.92. The van der Waals surface area contributed by atoms with Crippen LogP contribution in [0.1, 0.15) is 38.2 Å². The molecule has 1 aliphatic carbocycles. The Hall–Kier alpha value is -1.37. The molecule has 0 saturated heterocycles. The van der Waals surface area contributed by atoms with E-state index >= 15 is 0 Å². The maximum Gasteiger partial charge on any atom is 0.134 e. The second kappa shape index (κ2) is 7.42. The van der Waals surface area contributed by atoms with Crippen molar-refractivity contribution in [3.05, 3.63) is 35.9 Å². The van der Waals surface area contributed by atoms with E-state index < -0.39 is 5.54 Å². The molecular formula is C17H24N2O. The van der Waals surface area contributed by atoms with Gasteiger partial charge in [-0.25, -0.2) is 0 Å². The van der Waals surface area contributed by atoms with Gasteiger partial charge in [0.2, 0.25) is 0 Å². The fraction of sp³-hybridized carbons (Fsp3) is 0.588. The van der Waals surface area contributed by atoms with Crippen LogP contribution in [0.25, 0.3) is 0 Å². The second-order valence-electron chi connectivity index (χ2n) is 5.51. The molecule has 1 aromatic carbocycles. The summed E-state index contributed by atoms with van der Waals surface area (Å²) in [6.07, 6.45) is 4.60. The quantitative estimate of drug-likeness (QED) is 0.702. The molecule has 1 fully saturated rings. The minimum absolute atomic E-state index is 0.627. The van der Waals surface area contributed by atoms with Gasteiger partial charge in [0.05, 0.1) is 6.07 Å². The minimum atomic E-state index is -0.629. The Morgan fingerprint density at radius 3 is 2.65 bits per heavy atom. The van der Waals surface area contributed by atoms with E-state index in [1.165, 1.54) is 19.3 Å². The Bertz CT molecular complexity index is 436. The number of nitrogens with zero attached hydrogens (tertiary/aromatic N) is 1. The first-order chi connectivity index (χ1) is 9.80. The van der Waals surface area contributed by atoms with Gasteiger partial charge in [-0.3, -0.25) is 5.32 Å². The summed E-state index contributed by atoms with van der Waals surface area (Å²) in [6, 6.07) is 12.4. The SMILES string of the molecule is CCNC(C#N)(CCOCCC1CC1)c1ccccc1. The molecule has 0 amide bonds. The molecule has 0 aromatic heterocycles. The van der Waals surface area contributed by atoms with Crippen LogP contribution in [0, 0.1) is 17.2 Å². The fourth-order valence-electron chi connectivity index (χ4n) is 2.50. The highest BCUT2D eigenvalue weighted by atomic mass is 16.5. The average Bonchev–Trinajstić information content (AvgIpc) is 3.31. The Morgan fingerprint density at radius 2 is 2.05 bits per heavy atom. The lowest BCUT2D eigenvalue weighted by Crippen LogP contribution is -2.42. The van der Waals surface area contributed by atoms with Crippen molar-refractivity contribution in [2.75, 3.05) is 19.8 Å². The number of hydrogen-bond donors (Lipinski definition) is 1. The van der Waals surface area contributed by atoms with Gasteiger partial charge in [0.25, 0.3) is 0 Å². The molecule has 0 aliphatic heterocycles. The highest BCUT2D eigenvalue weighted by Gasteiger charge is 2.31. The summed E-state index contributed by atoms with van der Waals surface area (Å²) in [6.45, 7) is 4.25. The maximum atomic E-state index is 9.65. The van der Waals surface area contributed by atoms with Crippen molar-refractivity contribution in [3.8, 4) is 6.07 Å². The van der Waals surface area contributed by atoms with Gasteiger partial charge in [0, 0.05) is 19.6 Å². The molecule has 3 heteroatoms. The first-order valence-corrected chi connectivity index (χ1v) is 7.60. The molecule has 1 aromatic rings. The van der Waals surface area contributed by atoms with Gasteiger partial charge >= 0.3 is 0 Å². The number of rotatable bonds is 9. The monoisotopic (exact) mass is 272 g/mol. The zero-order chi connectivity index (χ0) is 14.3. The highest BCUT2D eigenvalue weighted by Crippen LogP contribution is 2.32. The van der Waals surface area contributed by atoms with Crippen LogP contribution in [0.5, 0.6) is 0 Å². The maximum absolute atomic E-state index is 9.65. The zero-order valence-corrected chi connectivity index (χ0v) is 12.3. The van der Waals surface area contributed by atoms with Crippen molar-refractivity contribution in [1.82, 2.24) is 5.32 Å². The van der Waals surface area contributed by atoms with Crippen LogP contribution >= 0.6 is 0 Å². The van der Waals surface area contributed by atoms with Crippen molar-refractivity contribution in [1.29, 1.82) is 5.26 Å². The minimum Gasteiger partial charge on any atom is -0.381 e. The van der Waals surface area contributed by atoms with E-state index in [2.05, 4.69) is 11.4 Å². The third kappa shape index (κ3) is 4.06. The normalized spacial score (nSPS) is 17.4. The van der Waals surface area contributed by atoms with Gasteiger partial charge in [-0.2, -0.15) is 5.26 Å². The van der Waals surface area contributed by atoms with E-state index in [9.17, 15) is 5.26 Å². The molecule has 0 radical (unpaired) electrons. The molecule has 1 N–H and O–H groups in total. The lowest BCUT2D eigenvalue weighted by Gasteiger charge is -2.28. The van der Waals surface area contributed by atoms with Crippen molar-refractivity contribution in [2.45, 2.75) is 38.1 Å². The number of ether oxygens (including phenoxy) is 1. The number of nitrogens with one attached hydrogen (secondary N) is 1. The van der Waals surface area contributed by atoms with E-state index in [0.717, 1.165) is 24.6 Å². The van der Waals surface area contributed by atoms with Crippen LogP contribution < -0.4 is 5.32 Å². The van der Waals surface area contributed by atoms with Gasteiger partial charge in [0.1, 0.15) is 5.54 Å². The smallest absolute Gasteiger partial charge is 0.134 e. The molecule has 20 heavy (non-hydrogen) atoms. The molecule has 2 rings (SSSR count). The predicted molar refractivity (Wildman–Crippen MR) is 80.2 cm³/mol. The van der Waals surface area contributed by atoms with Crippen LogP contribution in [0.3, 0.4) is 0 Å². The van der Waals surface area contributed by atoms with E-state index in [-0.39, 0.29) is 0 Å². The van der Waals surface area contributed by atoms with E-state index in [1.807, 2.05) is 37.3 Å². The fourth-order valence-corrected chi connectivity index (χ4v) is 2.50. The number of nitriles is 1. The first-order valence-electron chi connectivity index (χ1n) is 7.60. The van der Waals surface area contributed by atoms with Gasteiger partial charge < -0.3 is 4.74 Å². The molecule has 1 atom stereocenters. The van der Waals surface area contributed by atoms with Crippen LogP contribution in [0.15, 0.2) is 30.3 Å². The Labute approximate surface area is 121 Å². The summed E-state index contributed by atoms with van der Waals surface area (Å²) in [4.78, 5) is 0. The lowest BCUT2D eigenvalue weighted by atomic mass is 9.88. The predicted octanol–water partition coefficient (Wildman–Crippen LogP) is 3.22. The van der Waals surface area contributed by atoms with Crippen molar-refractivity contribution < 1.29 is 4.74 Å². The molecule has 1 saturated carbocycles. The molecule has 0 heterocycles. The molecule has 3 nitrogen and oxygen atoms in total. The third-order valence-electron chi connectivity index (χ3n) is 3.92. The van der Waals surface area contributed by atoms with Gasteiger partial charge in [-0.05, 0) is 24.4 Å². The summed E-state index contributed by atoms with van der Waals surface area (Å²) in [5.41, 5.74) is 0.394. The largest absolute Gasteiger partial charge is 0.381 e. The number of benzene rings is 1. The molecule has 1 unspecified atom stereocenters. The van der Waals surface area contributed by atoms with Crippen molar-refractivity contribution in [3.63, 3.8) is 0 Å². The first kappa shape index (κ1) is 15.0. The van der Waals surface area contributed by atoms with Crippen molar-refractivity contribution >= 4 is 0 Å². The Morgan fingerprint density at radius 1 is 1.30 bits per heavy atom. The van der Waals surface area contributed by atoms with Crippen LogP contribution in [-0.2, 0) is 10.3 Å². The summed E-state index contributed by atoms with van der Waals surface area (Å²) in [7, 11) is 0. The summed E-state index contributed by atoms with van der Waals surface area (Å²) in [5.74, 6) is 0.901. The summed E-state index contributed by atoms with van der Waals surface area (Å²) >= 11 is 0. The molecule has 108 valence electrons. The molecule has 1 aliphatic rings. The van der Waals surface area contributed by atoms with Crippen LogP contribution in [0.2, 0.25) is 0 Å². The lowest BCUT2D eigenvalue weighted by molar-refractivity contribution is 0.110. The average molecular weight is 272 g/mol. The zero-order valence-electron chi connectivity index (χ0n) is 12.3. The van der Waals surface area contributed by atoms with Gasteiger partial charge in [0.15, 0.2) is 0 Å². The molecule has 0 spiro atoms. The van der Waals surface area contributed by atoms with Gasteiger partial charge in [-0.15, -0.1) is 0 Å². The molecule has 0 bridgehead atoms. The van der Waals surface area contributed by atoms with Gasteiger partial charge in [-0.1, -0.05) is 50.1 Å². The summed E-state index contributed by atoms with van der Waals surface area (Å²) < 4.78 is 5.72. The van der Waals surface area contributed by atoms with Crippen LogP contribution in [0.4, 0.5) is 0 Å². The Balaban J connectivity index is 1.90. The van der Waals surface area contributed by atoms with Crippen LogP contribution in [-0.4, -0.2) is 19.8 Å². The number of hydrogen-bond acceptors (Lipinski definition) is 3. The van der Waals surface area contributed by atoms with Crippen molar-refractivity contribution in [2.24, 2.45) is 5.92 Å². The Kier molecular flexibility index (Phi) is 5.58. The van der Waals surface area contributed by atoms with E-state index in [1.54, 1.807) is 0 Å². The topological polar surface area (TPSA) is 45.0 Å². The second-order valence-corrected chi connectivity index (χ2v) is 5.51. The van der Waals surface area contributed by atoms with E-state index in [0.29, 0.717) is 13.0 Å². The standard InChI is InChI=1S/C17H24N2O/c1-2-19-17(14-18,16-6-4-3-5-7-16)11-13-20-12-10-15-8-9-15/h3-7,15,19H,2,8-13H2,1H3. The molecular weight excluding hydrogens is 248 g/mol.